The Hall–Kier alpha value is -1.26. The summed E-state index contributed by atoms with van der Waals surface area (Å²) in [4.78, 5) is 0. The first-order chi connectivity index (χ1) is 8.76. The smallest absolute Gasteiger partial charge is 0.119 e. The Morgan fingerprint density at radius 3 is 2.28 bits per heavy atom. The predicted octanol–water partition coefficient (Wildman–Crippen LogP) is 1.82. The van der Waals surface area contributed by atoms with Crippen molar-refractivity contribution in [3.63, 3.8) is 0 Å². The Labute approximate surface area is 109 Å². The highest BCUT2D eigenvalue weighted by atomic mass is 16.5. The number of aliphatic hydroxyl groups is 1. The first kappa shape index (κ1) is 14.8. The van der Waals surface area contributed by atoms with Crippen LogP contribution >= 0.6 is 0 Å². The summed E-state index contributed by atoms with van der Waals surface area (Å²) < 4.78 is 11.0. The van der Waals surface area contributed by atoms with E-state index >= 15 is 0 Å². The van der Waals surface area contributed by atoms with Crippen molar-refractivity contribution in [2.75, 3.05) is 26.3 Å². The maximum Gasteiger partial charge on any atom is 0.119 e. The van der Waals surface area contributed by atoms with E-state index < -0.39 is 6.10 Å². The molecule has 2 N–H and O–H groups in total. The molecule has 0 amide bonds. The molecule has 4 nitrogen and oxygen atoms in total. The van der Waals surface area contributed by atoms with E-state index in [1.54, 1.807) is 0 Å². The molecular weight excluding hydrogens is 230 g/mol. The van der Waals surface area contributed by atoms with Crippen molar-refractivity contribution in [2.45, 2.75) is 26.4 Å². The summed E-state index contributed by atoms with van der Waals surface area (Å²) in [7, 11) is 0. The van der Waals surface area contributed by atoms with Gasteiger partial charge in [0.05, 0.1) is 6.61 Å². The lowest BCUT2D eigenvalue weighted by Crippen LogP contribution is -2.31. The summed E-state index contributed by atoms with van der Waals surface area (Å²) >= 11 is 0. The Kier molecular flexibility index (Phi) is 7.22. The fraction of sp³-hybridized carbons (Fsp3) is 0.571. The van der Waals surface area contributed by atoms with Gasteiger partial charge in [0.1, 0.15) is 24.2 Å². The Balaban J connectivity index is 2.30. The van der Waals surface area contributed by atoms with Gasteiger partial charge in [-0.15, -0.1) is 0 Å². The summed E-state index contributed by atoms with van der Waals surface area (Å²) in [5.74, 6) is 1.59. The highest BCUT2D eigenvalue weighted by Crippen LogP contribution is 2.17. The number of ether oxygens (including phenoxy) is 2. The quantitative estimate of drug-likeness (QED) is 0.705. The number of benzene rings is 1. The molecule has 4 heteroatoms. The molecule has 1 unspecified atom stereocenters. The van der Waals surface area contributed by atoms with Gasteiger partial charge in [-0.3, -0.25) is 0 Å². The van der Waals surface area contributed by atoms with Crippen molar-refractivity contribution in [3.05, 3.63) is 24.3 Å². The normalized spacial score (nSPS) is 12.2. The second kappa shape index (κ2) is 8.78. The largest absolute Gasteiger partial charge is 0.494 e. The molecule has 0 heterocycles. The zero-order valence-corrected chi connectivity index (χ0v) is 11.2. The van der Waals surface area contributed by atoms with Crippen molar-refractivity contribution in [3.8, 4) is 11.5 Å². The van der Waals surface area contributed by atoms with E-state index in [2.05, 4.69) is 12.2 Å². The molecule has 0 spiro atoms. The summed E-state index contributed by atoms with van der Waals surface area (Å²) in [6, 6.07) is 7.46. The third kappa shape index (κ3) is 5.89. The predicted molar refractivity (Wildman–Crippen MR) is 72.3 cm³/mol. The Morgan fingerprint density at radius 1 is 1.11 bits per heavy atom. The fourth-order valence-corrected chi connectivity index (χ4v) is 1.41. The van der Waals surface area contributed by atoms with E-state index in [-0.39, 0.29) is 0 Å². The molecule has 0 aliphatic heterocycles. The maximum absolute atomic E-state index is 9.60. The van der Waals surface area contributed by atoms with Crippen molar-refractivity contribution in [1.82, 2.24) is 5.32 Å². The second-order valence-electron chi connectivity index (χ2n) is 4.09. The van der Waals surface area contributed by atoms with E-state index in [1.165, 1.54) is 0 Å². The number of nitrogens with one attached hydrogen (secondary N) is 1. The van der Waals surface area contributed by atoms with Gasteiger partial charge < -0.3 is 19.9 Å². The van der Waals surface area contributed by atoms with Crippen LogP contribution in [-0.4, -0.2) is 37.5 Å². The fourth-order valence-electron chi connectivity index (χ4n) is 1.41. The molecule has 0 saturated heterocycles. The third-order valence-electron chi connectivity index (χ3n) is 2.37. The average Bonchev–Trinajstić information content (AvgIpc) is 2.41. The molecule has 1 rings (SSSR count). The van der Waals surface area contributed by atoms with Gasteiger partial charge in [0.2, 0.25) is 0 Å². The van der Waals surface area contributed by atoms with E-state index in [1.807, 2.05) is 31.2 Å². The lowest BCUT2D eigenvalue weighted by atomic mass is 10.3. The van der Waals surface area contributed by atoms with Crippen LogP contribution in [0.1, 0.15) is 20.3 Å². The molecular formula is C14H23NO3. The SMILES string of the molecule is CCCOc1ccc(OCC(O)CNCC)cc1. The van der Waals surface area contributed by atoms with Crippen LogP contribution in [0.25, 0.3) is 0 Å². The van der Waals surface area contributed by atoms with E-state index in [0.29, 0.717) is 13.2 Å². The van der Waals surface area contributed by atoms with Gasteiger partial charge in [0, 0.05) is 6.54 Å². The lowest BCUT2D eigenvalue weighted by Gasteiger charge is -2.13. The van der Waals surface area contributed by atoms with Crippen molar-refractivity contribution in [2.24, 2.45) is 0 Å². The van der Waals surface area contributed by atoms with Gasteiger partial charge in [-0.1, -0.05) is 13.8 Å². The highest BCUT2D eigenvalue weighted by molar-refractivity contribution is 5.31. The van der Waals surface area contributed by atoms with Gasteiger partial charge in [0.25, 0.3) is 0 Å². The van der Waals surface area contributed by atoms with Crippen LogP contribution in [0.2, 0.25) is 0 Å². The van der Waals surface area contributed by atoms with Gasteiger partial charge in [-0.25, -0.2) is 0 Å². The van der Waals surface area contributed by atoms with Crippen LogP contribution in [0.3, 0.4) is 0 Å². The molecule has 0 aliphatic carbocycles. The Bertz CT molecular complexity index is 313. The molecule has 1 atom stereocenters. The summed E-state index contributed by atoms with van der Waals surface area (Å²) in [6.45, 7) is 6.49. The zero-order chi connectivity index (χ0) is 13.2. The van der Waals surface area contributed by atoms with Gasteiger partial charge in [-0.2, -0.15) is 0 Å². The molecule has 0 aromatic heterocycles. The minimum absolute atomic E-state index is 0.294. The molecule has 1 aromatic rings. The zero-order valence-electron chi connectivity index (χ0n) is 11.2. The monoisotopic (exact) mass is 253 g/mol. The lowest BCUT2D eigenvalue weighted by molar-refractivity contribution is 0.107. The molecule has 0 aliphatic rings. The second-order valence-corrected chi connectivity index (χ2v) is 4.09. The number of hydrogen-bond donors (Lipinski definition) is 2. The highest BCUT2D eigenvalue weighted by Gasteiger charge is 2.04. The Morgan fingerprint density at radius 2 is 1.72 bits per heavy atom. The van der Waals surface area contributed by atoms with E-state index in [9.17, 15) is 5.11 Å². The standard InChI is InChI=1S/C14H23NO3/c1-3-9-17-13-5-7-14(8-6-13)18-11-12(16)10-15-4-2/h5-8,12,15-16H,3-4,9-11H2,1-2H3. The van der Waals surface area contributed by atoms with Gasteiger partial charge in [-0.05, 0) is 37.2 Å². The summed E-state index contributed by atoms with van der Waals surface area (Å²) in [6.07, 6.45) is 0.510. The third-order valence-corrected chi connectivity index (χ3v) is 2.37. The number of rotatable bonds is 9. The average molecular weight is 253 g/mol. The summed E-state index contributed by atoms with van der Waals surface area (Å²) in [5.41, 5.74) is 0. The van der Waals surface area contributed by atoms with Crippen LogP contribution < -0.4 is 14.8 Å². The van der Waals surface area contributed by atoms with Crippen LogP contribution in [0, 0.1) is 0 Å². The molecule has 102 valence electrons. The van der Waals surface area contributed by atoms with Crippen molar-refractivity contribution in [1.29, 1.82) is 0 Å². The maximum atomic E-state index is 9.60. The molecule has 0 fully saturated rings. The van der Waals surface area contributed by atoms with Crippen molar-refractivity contribution < 1.29 is 14.6 Å². The van der Waals surface area contributed by atoms with Crippen LogP contribution in [-0.2, 0) is 0 Å². The van der Waals surface area contributed by atoms with E-state index in [0.717, 1.165) is 31.1 Å². The van der Waals surface area contributed by atoms with Crippen LogP contribution in [0.5, 0.6) is 11.5 Å². The number of likely N-dealkylation sites (N-methyl/N-ethyl adjacent to an activating group) is 1. The van der Waals surface area contributed by atoms with Crippen LogP contribution in [0.4, 0.5) is 0 Å². The van der Waals surface area contributed by atoms with E-state index in [4.69, 9.17) is 9.47 Å². The number of hydrogen-bond acceptors (Lipinski definition) is 4. The molecule has 0 saturated carbocycles. The minimum Gasteiger partial charge on any atom is -0.494 e. The molecule has 0 radical (unpaired) electrons. The number of aliphatic hydroxyl groups excluding tert-OH is 1. The topological polar surface area (TPSA) is 50.7 Å². The van der Waals surface area contributed by atoms with Gasteiger partial charge >= 0.3 is 0 Å². The van der Waals surface area contributed by atoms with Crippen molar-refractivity contribution >= 4 is 0 Å². The summed E-state index contributed by atoms with van der Waals surface area (Å²) in [5, 5.41) is 12.7. The molecule has 0 bridgehead atoms. The first-order valence-electron chi connectivity index (χ1n) is 6.50. The first-order valence-corrected chi connectivity index (χ1v) is 6.50. The van der Waals surface area contributed by atoms with Gasteiger partial charge in [0.15, 0.2) is 0 Å². The minimum atomic E-state index is -0.485. The molecule has 18 heavy (non-hydrogen) atoms. The molecule has 1 aromatic carbocycles. The van der Waals surface area contributed by atoms with Crippen LogP contribution in [0.15, 0.2) is 24.3 Å².